The zero-order valence-corrected chi connectivity index (χ0v) is 16.7. The van der Waals surface area contributed by atoms with Crippen molar-refractivity contribution in [2.24, 2.45) is 11.8 Å². The topological polar surface area (TPSA) is 71.6 Å². The molecule has 1 aromatic carbocycles. The largest absolute Gasteiger partial charge is 0.381 e. The third-order valence-corrected chi connectivity index (χ3v) is 6.92. The predicted octanol–water partition coefficient (Wildman–Crippen LogP) is 2.63. The van der Waals surface area contributed by atoms with Gasteiger partial charge in [-0.15, -0.1) is 0 Å². The number of pyridine rings is 1. The number of nitrogens with one attached hydrogen (secondary N) is 1. The van der Waals surface area contributed by atoms with Crippen LogP contribution in [0.15, 0.2) is 29.1 Å². The van der Waals surface area contributed by atoms with Crippen LogP contribution in [0.3, 0.4) is 0 Å². The number of H-pyrrole nitrogens is 1. The monoisotopic (exact) mass is 396 g/mol. The van der Waals surface area contributed by atoms with E-state index in [-0.39, 0.29) is 17.6 Å². The molecule has 2 aromatic rings. The van der Waals surface area contributed by atoms with Crippen molar-refractivity contribution in [3.63, 3.8) is 0 Å². The molecule has 0 bridgehead atoms. The summed E-state index contributed by atoms with van der Waals surface area (Å²) in [5.74, 6) is 0.866. The first-order valence-electron chi connectivity index (χ1n) is 10.8. The summed E-state index contributed by atoms with van der Waals surface area (Å²) >= 11 is 0. The van der Waals surface area contributed by atoms with Crippen molar-refractivity contribution >= 4 is 16.7 Å². The standard InChI is InChI=1S/C23H28N2O4/c26-22-18-4-2-1-3-17(18)19-14-29-21(13-20(19)24-22)15-5-9-25(10-6-15)23(27)16-7-11-28-12-8-16/h1-4,15-16,21H,5-14H2,(H,24,26). The molecular weight excluding hydrogens is 368 g/mol. The summed E-state index contributed by atoms with van der Waals surface area (Å²) in [5, 5.41) is 1.73. The maximum atomic E-state index is 12.8. The lowest BCUT2D eigenvalue weighted by molar-refractivity contribution is -0.141. The highest BCUT2D eigenvalue weighted by Crippen LogP contribution is 2.32. The van der Waals surface area contributed by atoms with E-state index in [1.165, 1.54) is 0 Å². The Labute approximate surface area is 170 Å². The molecule has 2 fully saturated rings. The number of piperidine rings is 1. The number of carbonyl (C=O) groups is 1. The number of ether oxygens (including phenoxy) is 2. The molecule has 3 aliphatic rings. The molecule has 0 aliphatic carbocycles. The Bertz CT molecular complexity index is 955. The third-order valence-electron chi connectivity index (χ3n) is 6.92. The highest BCUT2D eigenvalue weighted by molar-refractivity contribution is 5.85. The Morgan fingerprint density at radius 1 is 1.03 bits per heavy atom. The molecule has 5 rings (SSSR count). The van der Waals surface area contributed by atoms with Gasteiger partial charge in [0.2, 0.25) is 5.91 Å². The van der Waals surface area contributed by atoms with Crippen molar-refractivity contribution in [2.75, 3.05) is 26.3 Å². The molecule has 2 saturated heterocycles. The first kappa shape index (κ1) is 18.8. The van der Waals surface area contributed by atoms with E-state index in [9.17, 15) is 9.59 Å². The third kappa shape index (κ3) is 3.60. The molecule has 1 N–H and O–H groups in total. The zero-order valence-electron chi connectivity index (χ0n) is 16.7. The van der Waals surface area contributed by atoms with E-state index in [2.05, 4.69) is 4.98 Å². The van der Waals surface area contributed by atoms with Gasteiger partial charge in [0.25, 0.3) is 5.56 Å². The molecule has 3 aliphatic heterocycles. The van der Waals surface area contributed by atoms with Crippen molar-refractivity contribution in [3.05, 3.63) is 45.9 Å². The maximum Gasteiger partial charge on any atom is 0.256 e. The molecular formula is C23H28N2O4. The molecule has 4 heterocycles. The Morgan fingerprint density at radius 3 is 2.52 bits per heavy atom. The molecule has 6 nitrogen and oxygen atoms in total. The second-order valence-electron chi connectivity index (χ2n) is 8.56. The van der Waals surface area contributed by atoms with Gasteiger partial charge < -0.3 is 19.4 Å². The van der Waals surface area contributed by atoms with Crippen LogP contribution in [0.25, 0.3) is 10.8 Å². The van der Waals surface area contributed by atoms with Crippen molar-refractivity contribution in [1.29, 1.82) is 0 Å². The normalized spacial score (nSPS) is 23.9. The summed E-state index contributed by atoms with van der Waals surface area (Å²) in [5.41, 5.74) is 2.12. The number of hydrogen-bond donors (Lipinski definition) is 1. The fourth-order valence-electron chi connectivity index (χ4n) is 5.17. The molecule has 154 valence electrons. The van der Waals surface area contributed by atoms with Gasteiger partial charge in [-0.1, -0.05) is 18.2 Å². The van der Waals surface area contributed by atoms with Gasteiger partial charge >= 0.3 is 0 Å². The second-order valence-corrected chi connectivity index (χ2v) is 8.56. The van der Waals surface area contributed by atoms with Gasteiger partial charge in [0.1, 0.15) is 0 Å². The van der Waals surface area contributed by atoms with E-state index < -0.39 is 0 Å². The number of aromatic nitrogens is 1. The van der Waals surface area contributed by atoms with Crippen LogP contribution in [0.1, 0.15) is 36.9 Å². The Hall–Kier alpha value is -2.18. The average molecular weight is 396 g/mol. The zero-order chi connectivity index (χ0) is 19.8. The smallest absolute Gasteiger partial charge is 0.256 e. The van der Waals surface area contributed by atoms with Crippen LogP contribution in [0.2, 0.25) is 0 Å². The molecule has 0 radical (unpaired) electrons. The van der Waals surface area contributed by atoms with Crippen LogP contribution < -0.4 is 5.56 Å². The van der Waals surface area contributed by atoms with Crippen LogP contribution in [0, 0.1) is 11.8 Å². The number of rotatable bonds is 2. The Balaban J connectivity index is 1.25. The van der Waals surface area contributed by atoms with Gasteiger partial charge in [0, 0.05) is 55.3 Å². The van der Waals surface area contributed by atoms with Gasteiger partial charge in [0.15, 0.2) is 0 Å². The predicted molar refractivity (Wildman–Crippen MR) is 110 cm³/mol. The minimum Gasteiger partial charge on any atom is -0.381 e. The van der Waals surface area contributed by atoms with E-state index in [4.69, 9.17) is 9.47 Å². The highest BCUT2D eigenvalue weighted by Gasteiger charge is 2.34. The lowest BCUT2D eigenvalue weighted by Crippen LogP contribution is -2.46. The minimum absolute atomic E-state index is 0.0168. The number of amides is 1. The van der Waals surface area contributed by atoms with Gasteiger partial charge in [-0.3, -0.25) is 9.59 Å². The molecule has 0 saturated carbocycles. The Kier molecular flexibility index (Phi) is 5.14. The lowest BCUT2D eigenvalue weighted by Gasteiger charge is -2.39. The van der Waals surface area contributed by atoms with E-state index >= 15 is 0 Å². The van der Waals surface area contributed by atoms with Gasteiger partial charge in [-0.2, -0.15) is 0 Å². The van der Waals surface area contributed by atoms with Crippen LogP contribution in [0.4, 0.5) is 0 Å². The molecule has 1 aromatic heterocycles. The van der Waals surface area contributed by atoms with Crippen molar-refractivity contribution in [1.82, 2.24) is 9.88 Å². The van der Waals surface area contributed by atoms with E-state index in [1.54, 1.807) is 0 Å². The van der Waals surface area contributed by atoms with Crippen molar-refractivity contribution in [3.8, 4) is 0 Å². The Morgan fingerprint density at radius 2 is 1.76 bits per heavy atom. The van der Waals surface area contributed by atoms with Crippen LogP contribution in [0.5, 0.6) is 0 Å². The van der Waals surface area contributed by atoms with Crippen LogP contribution in [-0.4, -0.2) is 48.2 Å². The minimum atomic E-state index is -0.0168. The lowest BCUT2D eigenvalue weighted by atomic mass is 9.85. The van der Waals surface area contributed by atoms with Gasteiger partial charge in [0.05, 0.1) is 12.7 Å². The molecule has 1 amide bonds. The molecule has 1 unspecified atom stereocenters. The van der Waals surface area contributed by atoms with E-state index in [0.29, 0.717) is 31.6 Å². The first-order chi connectivity index (χ1) is 14.2. The average Bonchev–Trinajstić information content (AvgIpc) is 2.79. The fraction of sp³-hybridized carbons (Fsp3) is 0.565. The molecule has 1 atom stereocenters. The summed E-state index contributed by atoms with van der Waals surface area (Å²) < 4.78 is 11.6. The second kappa shape index (κ2) is 7.92. The summed E-state index contributed by atoms with van der Waals surface area (Å²) in [6.07, 6.45) is 4.48. The maximum absolute atomic E-state index is 12.8. The number of aromatic amines is 1. The van der Waals surface area contributed by atoms with E-state index in [0.717, 1.165) is 67.2 Å². The van der Waals surface area contributed by atoms with Crippen molar-refractivity contribution in [2.45, 2.75) is 44.8 Å². The number of likely N-dealkylation sites (tertiary alicyclic amines) is 1. The van der Waals surface area contributed by atoms with Gasteiger partial charge in [-0.25, -0.2) is 0 Å². The quantitative estimate of drug-likeness (QED) is 0.847. The summed E-state index contributed by atoms with van der Waals surface area (Å²) in [6, 6.07) is 7.74. The fourth-order valence-corrected chi connectivity index (χ4v) is 5.17. The SMILES string of the molecule is O=C(C1CCOCC1)N1CCC(C2Cc3[nH]c(=O)c4ccccc4c3CO2)CC1. The molecule has 0 spiro atoms. The molecule has 29 heavy (non-hydrogen) atoms. The van der Waals surface area contributed by atoms with Crippen LogP contribution in [-0.2, 0) is 27.3 Å². The van der Waals surface area contributed by atoms with Gasteiger partial charge in [-0.05, 0) is 43.1 Å². The number of carbonyl (C=O) groups excluding carboxylic acids is 1. The number of fused-ring (bicyclic) bond motifs is 3. The van der Waals surface area contributed by atoms with E-state index in [1.807, 2.05) is 29.2 Å². The molecule has 6 heteroatoms. The first-order valence-corrected chi connectivity index (χ1v) is 10.8. The number of nitrogens with zero attached hydrogens (tertiary/aromatic N) is 1. The van der Waals surface area contributed by atoms with Crippen LogP contribution >= 0.6 is 0 Å². The summed E-state index contributed by atoms with van der Waals surface area (Å²) in [4.78, 5) is 30.4. The summed E-state index contributed by atoms with van der Waals surface area (Å²) in [6.45, 7) is 3.56. The highest BCUT2D eigenvalue weighted by atomic mass is 16.5. The number of hydrogen-bond acceptors (Lipinski definition) is 4. The van der Waals surface area contributed by atoms with Crippen molar-refractivity contribution < 1.29 is 14.3 Å². The summed E-state index contributed by atoms with van der Waals surface area (Å²) in [7, 11) is 0. The number of benzene rings is 1.